The molecule has 5 heteroatoms. The molecule has 0 aliphatic carbocycles. The molecule has 0 radical (unpaired) electrons. The lowest BCUT2D eigenvalue weighted by Gasteiger charge is -2.33. The molecular formula is C12H17N3O2. The average molecular weight is 235 g/mol. The zero-order valence-corrected chi connectivity index (χ0v) is 10.1. The molecule has 0 spiro atoms. The second-order valence-electron chi connectivity index (χ2n) is 5.07. The molecule has 1 aliphatic heterocycles. The van der Waals surface area contributed by atoms with Crippen LogP contribution in [0.5, 0.6) is 0 Å². The number of hydrogen-bond donors (Lipinski definition) is 1. The van der Waals surface area contributed by atoms with Gasteiger partial charge in [0.05, 0.1) is 4.92 Å². The van der Waals surface area contributed by atoms with Gasteiger partial charge in [-0.1, -0.05) is 0 Å². The van der Waals surface area contributed by atoms with E-state index in [-0.39, 0.29) is 16.9 Å². The third-order valence-corrected chi connectivity index (χ3v) is 3.42. The second-order valence-corrected chi connectivity index (χ2v) is 5.07. The monoisotopic (exact) mass is 235 g/mol. The van der Waals surface area contributed by atoms with Crippen molar-refractivity contribution in [2.75, 3.05) is 17.2 Å². The molecule has 0 unspecified atom stereocenters. The van der Waals surface area contributed by atoms with E-state index < -0.39 is 4.92 Å². The van der Waals surface area contributed by atoms with E-state index in [1.807, 2.05) is 0 Å². The average Bonchev–Trinajstić information content (AvgIpc) is 2.57. The number of rotatable bonds is 2. The van der Waals surface area contributed by atoms with Crippen LogP contribution in [-0.4, -0.2) is 17.0 Å². The summed E-state index contributed by atoms with van der Waals surface area (Å²) in [6.07, 6.45) is 2.27. The molecule has 17 heavy (non-hydrogen) atoms. The van der Waals surface area contributed by atoms with Crippen molar-refractivity contribution in [2.45, 2.75) is 32.2 Å². The van der Waals surface area contributed by atoms with Gasteiger partial charge in [0.2, 0.25) is 0 Å². The first-order valence-electron chi connectivity index (χ1n) is 5.73. The molecule has 1 aromatic carbocycles. The number of benzene rings is 1. The van der Waals surface area contributed by atoms with Gasteiger partial charge >= 0.3 is 0 Å². The molecule has 2 N–H and O–H groups in total. The largest absolute Gasteiger partial charge is 0.393 e. The molecule has 1 aliphatic rings. The first-order valence-corrected chi connectivity index (χ1v) is 5.73. The zero-order valence-electron chi connectivity index (χ0n) is 10.1. The van der Waals surface area contributed by atoms with Crippen LogP contribution in [0.25, 0.3) is 0 Å². The van der Waals surface area contributed by atoms with Gasteiger partial charge in [-0.25, -0.2) is 0 Å². The minimum absolute atomic E-state index is 0.0225. The maximum absolute atomic E-state index is 10.7. The smallest absolute Gasteiger partial charge is 0.292 e. The fourth-order valence-electron chi connectivity index (χ4n) is 2.46. The molecule has 5 nitrogen and oxygen atoms in total. The molecule has 0 atom stereocenters. The maximum Gasteiger partial charge on any atom is 0.292 e. The molecule has 1 saturated heterocycles. The minimum atomic E-state index is -0.450. The number of nitrogens with two attached hydrogens (primary N) is 1. The molecule has 0 aromatic heterocycles. The summed E-state index contributed by atoms with van der Waals surface area (Å²) in [5, 5.41) is 10.7. The highest BCUT2D eigenvalue weighted by Crippen LogP contribution is 2.36. The summed E-state index contributed by atoms with van der Waals surface area (Å²) in [5.41, 5.74) is 6.99. The number of nitrogen functional groups attached to an aromatic ring is 1. The van der Waals surface area contributed by atoms with Crippen molar-refractivity contribution in [3.63, 3.8) is 0 Å². The number of hydrogen-bond acceptors (Lipinski definition) is 4. The van der Waals surface area contributed by atoms with E-state index in [2.05, 4.69) is 18.7 Å². The Morgan fingerprint density at radius 2 is 2.18 bits per heavy atom. The first-order chi connectivity index (χ1) is 7.92. The Balaban J connectivity index is 2.35. The van der Waals surface area contributed by atoms with E-state index in [1.54, 1.807) is 12.1 Å². The Labute approximate surface area is 100 Å². The highest BCUT2D eigenvalue weighted by Gasteiger charge is 2.32. The molecule has 92 valence electrons. The van der Waals surface area contributed by atoms with Crippen LogP contribution in [0.15, 0.2) is 18.2 Å². The van der Waals surface area contributed by atoms with Gasteiger partial charge in [0.25, 0.3) is 5.69 Å². The van der Waals surface area contributed by atoms with Crippen LogP contribution in [0.1, 0.15) is 26.7 Å². The van der Waals surface area contributed by atoms with E-state index in [1.165, 1.54) is 6.07 Å². The van der Waals surface area contributed by atoms with Crippen LogP contribution < -0.4 is 10.6 Å². The van der Waals surface area contributed by atoms with Gasteiger partial charge in [-0.05, 0) is 38.8 Å². The molecule has 0 saturated carbocycles. The van der Waals surface area contributed by atoms with Gasteiger partial charge in [-0.3, -0.25) is 10.1 Å². The fraction of sp³-hybridized carbons (Fsp3) is 0.500. The minimum Gasteiger partial charge on any atom is -0.393 e. The van der Waals surface area contributed by atoms with Crippen LogP contribution in [-0.2, 0) is 0 Å². The van der Waals surface area contributed by atoms with Crippen molar-refractivity contribution in [2.24, 2.45) is 0 Å². The topological polar surface area (TPSA) is 72.4 Å². The summed E-state index contributed by atoms with van der Waals surface area (Å²) < 4.78 is 0. The van der Waals surface area contributed by atoms with E-state index in [9.17, 15) is 10.1 Å². The highest BCUT2D eigenvalue weighted by atomic mass is 16.6. The molecule has 0 bridgehead atoms. The second kappa shape index (κ2) is 3.91. The van der Waals surface area contributed by atoms with Gasteiger partial charge in [0, 0.05) is 23.8 Å². The number of anilines is 2. The van der Waals surface area contributed by atoms with Crippen LogP contribution >= 0.6 is 0 Å². The summed E-state index contributed by atoms with van der Waals surface area (Å²) in [6.45, 7) is 5.33. The molecular weight excluding hydrogens is 218 g/mol. The van der Waals surface area contributed by atoms with Crippen molar-refractivity contribution in [1.29, 1.82) is 0 Å². The van der Waals surface area contributed by atoms with Gasteiger partial charge in [-0.2, -0.15) is 0 Å². The number of nitrogens with zero attached hydrogens (tertiary/aromatic N) is 2. The van der Waals surface area contributed by atoms with Gasteiger partial charge in [-0.15, -0.1) is 0 Å². The van der Waals surface area contributed by atoms with Crippen molar-refractivity contribution >= 4 is 17.1 Å². The summed E-state index contributed by atoms with van der Waals surface area (Å²) in [7, 11) is 0. The van der Waals surface area contributed by atoms with E-state index >= 15 is 0 Å². The molecule has 0 amide bonds. The molecule has 2 rings (SSSR count). The summed E-state index contributed by atoms with van der Waals surface area (Å²) in [6, 6.07) is 4.96. The van der Waals surface area contributed by atoms with Crippen LogP contribution in [0.2, 0.25) is 0 Å². The molecule has 1 heterocycles. The van der Waals surface area contributed by atoms with Crippen molar-refractivity contribution in [3.8, 4) is 0 Å². The quantitative estimate of drug-likeness (QED) is 0.485. The summed E-state index contributed by atoms with van der Waals surface area (Å²) in [5.74, 6) is 0. The lowest BCUT2D eigenvalue weighted by molar-refractivity contribution is -0.383. The number of nitro benzene ring substituents is 1. The van der Waals surface area contributed by atoms with Crippen LogP contribution in [0.3, 0.4) is 0 Å². The van der Waals surface area contributed by atoms with Crippen molar-refractivity contribution in [1.82, 2.24) is 0 Å². The Bertz CT molecular complexity index is 457. The Hall–Kier alpha value is -1.78. The van der Waals surface area contributed by atoms with Gasteiger partial charge in [0.15, 0.2) is 0 Å². The Morgan fingerprint density at radius 3 is 2.65 bits per heavy atom. The third-order valence-electron chi connectivity index (χ3n) is 3.42. The normalized spacial score (nSPS) is 18.4. The van der Waals surface area contributed by atoms with Crippen molar-refractivity contribution < 1.29 is 4.92 Å². The Morgan fingerprint density at radius 1 is 1.47 bits per heavy atom. The lowest BCUT2D eigenvalue weighted by atomic mass is 10.0. The molecule has 1 fully saturated rings. The predicted molar refractivity (Wildman–Crippen MR) is 68.2 cm³/mol. The van der Waals surface area contributed by atoms with Gasteiger partial charge < -0.3 is 10.6 Å². The summed E-state index contributed by atoms with van der Waals surface area (Å²) >= 11 is 0. The van der Waals surface area contributed by atoms with Crippen molar-refractivity contribution in [3.05, 3.63) is 28.3 Å². The lowest BCUT2D eigenvalue weighted by Crippen LogP contribution is -2.38. The third kappa shape index (κ3) is 2.05. The number of nitro groups is 1. The van der Waals surface area contributed by atoms with Crippen LogP contribution in [0.4, 0.5) is 17.1 Å². The van der Waals surface area contributed by atoms with E-state index in [4.69, 9.17) is 5.73 Å². The molecule has 1 aromatic rings. The first kappa shape index (κ1) is 11.7. The maximum atomic E-state index is 10.7. The van der Waals surface area contributed by atoms with E-state index in [0.717, 1.165) is 25.1 Å². The fourth-order valence-corrected chi connectivity index (χ4v) is 2.46. The van der Waals surface area contributed by atoms with Gasteiger partial charge in [0.1, 0.15) is 5.69 Å². The standard InChI is InChI=1S/C12H17N3O2/c1-12(2)6-3-7-14(12)9-4-5-11(15(16)17)10(13)8-9/h4-5,8H,3,6-7,13H2,1-2H3. The summed E-state index contributed by atoms with van der Waals surface area (Å²) in [4.78, 5) is 12.5. The van der Waals surface area contributed by atoms with Crippen LogP contribution in [0, 0.1) is 10.1 Å². The Kier molecular flexibility index (Phi) is 2.69. The predicted octanol–water partition coefficient (Wildman–Crippen LogP) is 2.56. The SMILES string of the molecule is CC1(C)CCCN1c1ccc([N+](=O)[O-])c(N)c1. The van der Waals surface area contributed by atoms with E-state index in [0.29, 0.717) is 0 Å². The zero-order chi connectivity index (χ0) is 12.6. The highest BCUT2D eigenvalue weighted by molar-refractivity contribution is 5.67.